The molecule has 0 aliphatic carbocycles. The summed E-state index contributed by atoms with van der Waals surface area (Å²) >= 11 is 0. The second-order valence-corrected chi connectivity index (χ2v) is 5.18. The fourth-order valence-corrected chi connectivity index (χ4v) is 2.63. The number of anilines is 1. The molecule has 1 unspecified atom stereocenters. The molecule has 0 bridgehead atoms. The molecule has 0 N–H and O–H groups in total. The second-order valence-electron chi connectivity index (χ2n) is 5.18. The predicted molar refractivity (Wildman–Crippen MR) is 95.2 cm³/mol. The molecule has 1 aliphatic heterocycles. The molecule has 2 heteroatoms. The van der Waals surface area contributed by atoms with E-state index < -0.39 is 0 Å². The normalized spacial score (nSPS) is 16.9. The van der Waals surface area contributed by atoms with Crippen LogP contribution in [0.1, 0.15) is 46.6 Å². The first-order valence-electron chi connectivity index (χ1n) is 8.34. The fraction of sp³-hybridized carbons (Fsp3) is 0.526. The number of hydrogen-bond acceptors (Lipinski definition) is 2. The molecule has 1 fully saturated rings. The molecule has 2 heterocycles. The Kier molecular flexibility index (Phi) is 7.21. The number of rotatable bonds is 1. The van der Waals surface area contributed by atoms with E-state index in [1.807, 2.05) is 33.9 Å². The highest BCUT2D eigenvalue weighted by Crippen LogP contribution is 2.25. The van der Waals surface area contributed by atoms with Gasteiger partial charge in [-0.2, -0.15) is 0 Å². The van der Waals surface area contributed by atoms with E-state index in [1.165, 1.54) is 22.8 Å². The van der Waals surface area contributed by atoms with Gasteiger partial charge < -0.3 is 4.90 Å². The van der Waals surface area contributed by atoms with Crippen LogP contribution < -0.4 is 4.90 Å². The summed E-state index contributed by atoms with van der Waals surface area (Å²) < 4.78 is 0. The van der Waals surface area contributed by atoms with Crippen LogP contribution in [0.15, 0.2) is 30.5 Å². The third-order valence-corrected chi connectivity index (χ3v) is 3.72. The topological polar surface area (TPSA) is 16.1 Å². The summed E-state index contributed by atoms with van der Waals surface area (Å²) in [5, 5.41) is 2.57. The quantitative estimate of drug-likeness (QED) is 0.693. The van der Waals surface area contributed by atoms with Crippen LogP contribution >= 0.6 is 0 Å². The molecule has 1 aromatic carbocycles. The second kappa shape index (κ2) is 8.66. The largest absolute Gasteiger partial charge is 0.356 e. The van der Waals surface area contributed by atoms with Crippen LogP contribution in [0.3, 0.4) is 0 Å². The number of aryl methyl sites for hydroxylation is 1. The Balaban J connectivity index is 0.000000510. The van der Waals surface area contributed by atoms with Gasteiger partial charge in [-0.15, -0.1) is 0 Å². The molecule has 0 radical (unpaired) electrons. The summed E-state index contributed by atoms with van der Waals surface area (Å²) in [6, 6.07) is 8.66. The highest BCUT2D eigenvalue weighted by atomic mass is 15.2. The summed E-state index contributed by atoms with van der Waals surface area (Å²) in [7, 11) is 0. The summed E-state index contributed by atoms with van der Waals surface area (Å²) in [6.45, 7) is 14.7. The van der Waals surface area contributed by atoms with Gasteiger partial charge in [0.25, 0.3) is 0 Å². The fourth-order valence-electron chi connectivity index (χ4n) is 2.63. The van der Waals surface area contributed by atoms with Gasteiger partial charge in [0.05, 0.1) is 0 Å². The maximum absolute atomic E-state index is 4.61. The lowest BCUT2D eigenvalue weighted by Crippen LogP contribution is -2.20. The Hall–Kier alpha value is -1.57. The zero-order valence-electron chi connectivity index (χ0n) is 14.5. The summed E-state index contributed by atoms with van der Waals surface area (Å²) in [5.74, 6) is 1.93. The number of fused-ring (bicyclic) bond motifs is 1. The van der Waals surface area contributed by atoms with Gasteiger partial charge in [-0.25, -0.2) is 4.98 Å². The van der Waals surface area contributed by atoms with Crippen molar-refractivity contribution >= 4 is 16.6 Å². The molecule has 1 saturated heterocycles. The van der Waals surface area contributed by atoms with Crippen molar-refractivity contribution in [2.75, 3.05) is 18.0 Å². The number of benzene rings is 1. The van der Waals surface area contributed by atoms with E-state index in [0.717, 1.165) is 24.8 Å². The first-order chi connectivity index (χ1) is 10.2. The maximum atomic E-state index is 4.61. The minimum absolute atomic E-state index is 0.796. The Morgan fingerprint density at radius 3 is 2.48 bits per heavy atom. The number of aromatic nitrogens is 1. The SMILES string of the molecule is CC.CC.Cc1cccc2cc(N3CCC(C)C3)ncc12. The minimum atomic E-state index is 0.796. The van der Waals surface area contributed by atoms with Crippen molar-refractivity contribution in [1.29, 1.82) is 0 Å². The molecule has 1 aliphatic rings. The van der Waals surface area contributed by atoms with Crippen LogP contribution in [0.25, 0.3) is 10.8 Å². The summed E-state index contributed by atoms with van der Waals surface area (Å²) in [4.78, 5) is 7.01. The van der Waals surface area contributed by atoms with Gasteiger partial charge >= 0.3 is 0 Å². The Bertz CT molecular complexity index is 548. The van der Waals surface area contributed by atoms with Crippen LogP contribution in [0.4, 0.5) is 5.82 Å². The highest BCUT2D eigenvalue weighted by Gasteiger charge is 2.19. The smallest absolute Gasteiger partial charge is 0.129 e. The Labute approximate surface area is 130 Å². The van der Waals surface area contributed by atoms with E-state index in [1.54, 1.807) is 0 Å². The van der Waals surface area contributed by atoms with Gasteiger partial charge in [0.1, 0.15) is 5.82 Å². The third-order valence-electron chi connectivity index (χ3n) is 3.72. The van der Waals surface area contributed by atoms with E-state index in [2.05, 4.69) is 48.0 Å². The van der Waals surface area contributed by atoms with E-state index in [-0.39, 0.29) is 0 Å². The Morgan fingerprint density at radius 2 is 1.86 bits per heavy atom. The molecule has 0 amide bonds. The first-order valence-corrected chi connectivity index (χ1v) is 8.34. The van der Waals surface area contributed by atoms with Crippen molar-refractivity contribution in [3.63, 3.8) is 0 Å². The number of nitrogens with zero attached hydrogens (tertiary/aromatic N) is 2. The van der Waals surface area contributed by atoms with E-state index in [9.17, 15) is 0 Å². The molecule has 1 aromatic heterocycles. The first kappa shape index (κ1) is 17.5. The number of pyridine rings is 1. The lowest BCUT2D eigenvalue weighted by molar-refractivity contribution is 0.659. The van der Waals surface area contributed by atoms with Crippen molar-refractivity contribution in [2.24, 2.45) is 5.92 Å². The molecule has 2 aromatic rings. The molecule has 3 rings (SSSR count). The van der Waals surface area contributed by atoms with Crippen LogP contribution in [0.2, 0.25) is 0 Å². The van der Waals surface area contributed by atoms with E-state index in [4.69, 9.17) is 0 Å². The van der Waals surface area contributed by atoms with Crippen molar-refractivity contribution in [2.45, 2.75) is 48.0 Å². The van der Waals surface area contributed by atoms with Gasteiger partial charge in [0.15, 0.2) is 0 Å². The molecular weight excluding hydrogens is 256 g/mol. The van der Waals surface area contributed by atoms with Gasteiger partial charge in [0.2, 0.25) is 0 Å². The molecule has 116 valence electrons. The summed E-state index contributed by atoms with van der Waals surface area (Å²) in [6.07, 6.45) is 3.30. The molecular formula is C19H30N2. The average Bonchev–Trinajstić information content (AvgIpc) is 2.98. The highest BCUT2D eigenvalue weighted by molar-refractivity contribution is 5.86. The molecule has 0 saturated carbocycles. The zero-order valence-corrected chi connectivity index (χ0v) is 14.5. The van der Waals surface area contributed by atoms with Gasteiger partial charge in [0, 0.05) is 24.7 Å². The lowest BCUT2D eigenvalue weighted by atomic mass is 10.1. The van der Waals surface area contributed by atoms with Crippen LogP contribution in [-0.2, 0) is 0 Å². The van der Waals surface area contributed by atoms with E-state index >= 15 is 0 Å². The summed E-state index contributed by atoms with van der Waals surface area (Å²) in [5.41, 5.74) is 1.30. The lowest BCUT2D eigenvalue weighted by Gasteiger charge is -2.17. The zero-order chi connectivity index (χ0) is 15.8. The minimum Gasteiger partial charge on any atom is -0.356 e. The average molecular weight is 286 g/mol. The third kappa shape index (κ3) is 4.20. The van der Waals surface area contributed by atoms with Crippen LogP contribution in [0, 0.1) is 12.8 Å². The molecule has 0 spiro atoms. The monoisotopic (exact) mass is 286 g/mol. The van der Waals surface area contributed by atoms with Gasteiger partial charge in [-0.3, -0.25) is 0 Å². The van der Waals surface area contributed by atoms with Gasteiger partial charge in [-0.05, 0) is 36.3 Å². The van der Waals surface area contributed by atoms with Gasteiger partial charge in [-0.1, -0.05) is 52.8 Å². The van der Waals surface area contributed by atoms with Crippen LogP contribution in [-0.4, -0.2) is 18.1 Å². The molecule has 2 nitrogen and oxygen atoms in total. The van der Waals surface area contributed by atoms with Crippen molar-refractivity contribution in [1.82, 2.24) is 4.98 Å². The van der Waals surface area contributed by atoms with Crippen molar-refractivity contribution in [3.8, 4) is 0 Å². The predicted octanol–water partition coefficient (Wildman–Crippen LogP) is 5.44. The van der Waals surface area contributed by atoms with Crippen LogP contribution in [0.5, 0.6) is 0 Å². The Morgan fingerprint density at radius 1 is 1.14 bits per heavy atom. The van der Waals surface area contributed by atoms with E-state index in [0.29, 0.717) is 0 Å². The molecule has 21 heavy (non-hydrogen) atoms. The standard InChI is InChI=1S/C15H18N2.2C2H6/c1-11-6-7-17(10-11)15-8-13-5-3-4-12(2)14(13)9-16-15;2*1-2/h3-5,8-9,11H,6-7,10H2,1-2H3;2*1-2H3. The maximum Gasteiger partial charge on any atom is 0.129 e. The number of hydrogen-bond donors (Lipinski definition) is 0. The molecule has 1 atom stereocenters. The van der Waals surface area contributed by atoms with Crippen molar-refractivity contribution in [3.05, 3.63) is 36.0 Å². The van der Waals surface area contributed by atoms with Crippen molar-refractivity contribution < 1.29 is 0 Å².